The van der Waals surface area contributed by atoms with Gasteiger partial charge in [-0.3, -0.25) is 0 Å². The summed E-state index contributed by atoms with van der Waals surface area (Å²) in [6.07, 6.45) is 0. The predicted octanol–water partition coefficient (Wildman–Crippen LogP) is 16.6. The first-order chi connectivity index (χ1) is 29.4. The summed E-state index contributed by atoms with van der Waals surface area (Å²) in [7, 11) is 0. The molecule has 4 heteroatoms. The van der Waals surface area contributed by atoms with Gasteiger partial charge in [0.1, 0.15) is 11.2 Å². The second kappa shape index (κ2) is 13.0. The minimum atomic E-state index is 0.886. The van der Waals surface area contributed by atoms with E-state index in [0.717, 1.165) is 89.1 Å². The van der Waals surface area contributed by atoms with Crippen molar-refractivity contribution in [2.45, 2.75) is 27.7 Å². The molecule has 2 heterocycles. The summed E-state index contributed by atoms with van der Waals surface area (Å²) in [6.45, 7) is 8.78. The minimum absolute atomic E-state index is 0.886. The summed E-state index contributed by atoms with van der Waals surface area (Å²) in [4.78, 5) is 4.88. The van der Waals surface area contributed by atoms with E-state index in [4.69, 9.17) is 8.83 Å². The highest BCUT2D eigenvalue weighted by atomic mass is 16.3. The molecule has 0 unspecified atom stereocenters. The number of fused-ring (bicyclic) bond motifs is 6. The first kappa shape index (κ1) is 34.5. The lowest BCUT2D eigenvalue weighted by Gasteiger charge is -2.31. The normalized spacial score (nSPS) is 12.0. The van der Waals surface area contributed by atoms with Crippen molar-refractivity contribution in [1.29, 1.82) is 0 Å². The molecule has 10 aromatic carbocycles. The number of hydrogen-bond donors (Lipinski definition) is 0. The number of hydrogen-bond acceptors (Lipinski definition) is 4. The zero-order valence-electron chi connectivity index (χ0n) is 33.9. The molecular formula is C56H40N2O2. The van der Waals surface area contributed by atoms with Gasteiger partial charge in [-0.1, -0.05) is 133 Å². The second-order valence-corrected chi connectivity index (χ2v) is 16.2. The third-order valence-corrected chi connectivity index (χ3v) is 12.7. The molecule has 0 aliphatic carbocycles. The minimum Gasteiger partial charge on any atom is -0.454 e. The van der Waals surface area contributed by atoms with Crippen LogP contribution in [0.2, 0.25) is 0 Å². The molecule has 0 radical (unpaired) electrons. The number of anilines is 6. The van der Waals surface area contributed by atoms with E-state index in [1.807, 2.05) is 12.1 Å². The molecule has 0 bridgehead atoms. The molecule has 0 saturated carbocycles. The molecule has 0 aliphatic heterocycles. The van der Waals surface area contributed by atoms with Crippen LogP contribution in [0, 0.1) is 27.7 Å². The molecule has 0 N–H and O–H groups in total. The van der Waals surface area contributed by atoms with Crippen molar-refractivity contribution >= 4 is 110 Å². The predicted molar refractivity (Wildman–Crippen MR) is 253 cm³/mol. The molecule has 60 heavy (non-hydrogen) atoms. The molecule has 2 aromatic heterocycles. The molecule has 0 spiro atoms. The Morgan fingerprint density at radius 2 is 0.683 bits per heavy atom. The fraction of sp³-hybridized carbons (Fsp3) is 0.0714. The van der Waals surface area contributed by atoms with Crippen molar-refractivity contribution in [3.63, 3.8) is 0 Å². The van der Waals surface area contributed by atoms with E-state index in [2.05, 4.69) is 195 Å². The number of aryl methyl sites for hydroxylation is 4. The summed E-state index contributed by atoms with van der Waals surface area (Å²) < 4.78 is 13.6. The van der Waals surface area contributed by atoms with E-state index < -0.39 is 0 Å². The number of rotatable bonds is 6. The van der Waals surface area contributed by atoms with Crippen LogP contribution < -0.4 is 9.80 Å². The Labute approximate surface area is 347 Å². The fourth-order valence-electron chi connectivity index (χ4n) is 9.83. The highest BCUT2D eigenvalue weighted by Gasteiger charge is 2.28. The maximum Gasteiger partial charge on any atom is 0.159 e. The van der Waals surface area contributed by atoms with Gasteiger partial charge in [-0.25, -0.2) is 0 Å². The Morgan fingerprint density at radius 1 is 0.300 bits per heavy atom. The van der Waals surface area contributed by atoms with E-state index in [1.54, 1.807) is 0 Å². The van der Waals surface area contributed by atoms with Crippen LogP contribution in [0.25, 0.3) is 76.2 Å². The average molecular weight is 773 g/mol. The third-order valence-electron chi connectivity index (χ3n) is 12.7. The largest absolute Gasteiger partial charge is 0.454 e. The topological polar surface area (TPSA) is 32.8 Å². The van der Waals surface area contributed by atoms with Gasteiger partial charge in [0.05, 0.1) is 22.7 Å². The van der Waals surface area contributed by atoms with Gasteiger partial charge in [0, 0.05) is 43.7 Å². The van der Waals surface area contributed by atoms with E-state index in [0.29, 0.717) is 0 Å². The SMILES string of the molecule is Cc1ccccc1N(c1ccc2ccc3c(N(c4ccccc4C)c4c(C)ccc5c4oc4ccccc45)ccc4ccc1c2c43)c1c(C)ccc2c1oc1ccccc12. The maximum absolute atomic E-state index is 6.79. The number of nitrogens with zero attached hydrogens (tertiary/aromatic N) is 2. The van der Waals surface area contributed by atoms with Crippen molar-refractivity contribution in [3.8, 4) is 0 Å². The fourth-order valence-corrected chi connectivity index (χ4v) is 9.83. The van der Waals surface area contributed by atoms with Crippen LogP contribution in [0.3, 0.4) is 0 Å². The molecular weight excluding hydrogens is 733 g/mol. The van der Waals surface area contributed by atoms with E-state index in [1.165, 1.54) is 43.4 Å². The quantitative estimate of drug-likeness (QED) is 0.158. The lowest BCUT2D eigenvalue weighted by atomic mass is 9.91. The Morgan fingerprint density at radius 3 is 1.13 bits per heavy atom. The summed E-state index contributed by atoms with van der Waals surface area (Å²) in [6, 6.07) is 61.3. The highest BCUT2D eigenvalue weighted by molar-refractivity contribution is 6.29. The van der Waals surface area contributed by atoms with Gasteiger partial charge in [-0.15, -0.1) is 0 Å². The van der Waals surface area contributed by atoms with Gasteiger partial charge in [0.25, 0.3) is 0 Å². The first-order valence-electron chi connectivity index (χ1n) is 20.7. The molecule has 0 fully saturated rings. The van der Waals surface area contributed by atoms with Crippen molar-refractivity contribution in [1.82, 2.24) is 0 Å². The lowest BCUT2D eigenvalue weighted by molar-refractivity contribution is 0.668. The molecule has 286 valence electrons. The Bertz CT molecular complexity index is 3440. The van der Waals surface area contributed by atoms with E-state index in [9.17, 15) is 0 Å². The van der Waals surface area contributed by atoms with Gasteiger partial charge >= 0.3 is 0 Å². The Hall–Kier alpha value is -7.56. The summed E-state index contributed by atoms with van der Waals surface area (Å²) >= 11 is 0. The molecule has 12 aromatic rings. The van der Waals surface area contributed by atoms with Gasteiger partial charge in [-0.2, -0.15) is 0 Å². The Kier molecular flexibility index (Phi) is 7.45. The van der Waals surface area contributed by atoms with Gasteiger partial charge in [0.15, 0.2) is 11.2 Å². The molecule has 0 aliphatic rings. The van der Waals surface area contributed by atoms with Gasteiger partial charge in [0.2, 0.25) is 0 Å². The van der Waals surface area contributed by atoms with E-state index in [-0.39, 0.29) is 0 Å². The molecule has 0 amide bonds. The second-order valence-electron chi connectivity index (χ2n) is 16.2. The van der Waals surface area contributed by atoms with Gasteiger partial charge in [-0.05, 0) is 108 Å². The van der Waals surface area contributed by atoms with Gasteiger partial charge < -0.3 is 18.6 Å². The standard InChI is InChI=1S/C56H40N2O2/c1-33-13-5-9-17-45(33)57(53-35(3)21-27-41-39-15-7-11-19-49(39)59-55(41)53)47-31-25-37-24-30-44-48(32-26-38-23-29-43(47)51(37)52(38)44)58(46-18-10-6-14-34(46)2)54-36(4)22-28-42-40-16-8-12-20-50(40)60-56(42)54/h5-32H,1-4H3. The number of furan rings is 2. The zero-order valence-corrected chi connectivity index (χ0v) is 33.9. The molecule has 0 atom stereocenters. The van der Waals surface area contributed by atoms with Crippen molar-refractivity contribution in [3.05, 3.63) is 192 Å². The average Bonchev–Trinajstić information content (AvgIpc) is 3.84. The summed E-state index contributed by atoms with van der Waals surface area (Å²) in [5.74, 6) is 0. The first-order valence-corrected chi connectivity index (χ1v) is 20.7. The number of benzene rings is 10. The zero-order chi connectivity index (χ0) is 40.2. The molecule has 4 nitrogen and oxygen atoms in total. The van der Waals surface area contributed by atoms with Crippen LogP contribution >= 0.6 is 0 Å². The van der Waals surface area contributed by atoms with Crippen LogP contribution in [0.15, 0.2) is 179 Å². The van der Waals surface area contributed by atoms with Crippen molar-refractivity contribution < 1.29 is 8.83 Å². The van der Waals surface area contributed by atoms with Crippen molar-refractivity contribution in [2.24, 2.45) is 0 Å². The summed E-state index contributed by atoms with van der Waals surface area (Å²) in [5.41, 5.74) is 14.7. The monoisotopic (exact) mass is 772 g/mol. The third kappa shape index (κ3) is 4.91. The number of para-hydroxylation sites is 4. The van der Waals surface area contributed by atoms with Crippen LogP contribution in [-0.4, -0.2) is 0 Å². The molecule has 0 saturated heterocycles. The maximum atomic E-state index is 6.79. The smallest absolute Gasteiger partial charge is 0.159 e. The van der Waals surface area contributed by atoms with Crippen molar-refractivity contribution in [2.75, 3.05) is 9.80 Å². The summed E-state index contributed by atoms with van der Waals surface area (Å²) in [5, 5.41) is 11.7. The lowest BCUT2D eigenvalue weighted by Crippen LogP contribution is -2.14. The van der Waals surface area contributed by atoms with Crippen LogP contribution in [-0.2, 0) is 0 Å². The van der Waals surface area contributed by atoms with E-state index >= 15 is 0 Å². The van der Waals surface area contributed by atoms with Crippen LogP contribution in [0.1, 0.15) is 22.3 Å². The Balaban J connectivity index is 1.16. The molecule has 12 rings (SSSR count). The highest BCUT2D eigenvalue weighted by Crippen LogP contribution is 2.52. The van der Waals surface area contributed by atoms with Crippen LogP contribution in [0.4, 0.5) is 34.1 Å². The van der Waals surface area contributed by atoms with Crippen LogP contribution in [0.5, 0.6) is 0 Å².